The lowest BCUT2D eigenvalue weighted by molar-refractivity contribution is -0.385. The molecule has 27 heavy (non-hydrogen) atoms. The molecule has 2 aromatic rings. The van der Waals surface area contributed by atoms with Gasteiger partial charge < -0.3 is 10.2 Å². The number of hydrogen-bond donors (Lipinski definition) is 1. The van der Waals surface area contributed by atoms with Crippen LogP contribution in [-0.2, 0) is 11.2 Å². The van der Waals surface area contributed by atoms with Crippen LogP contribution in [0.4, 0.5) is 11.4 Å². The van der Waals surface area contributed by atoms with Crippen molar-refractivity contribution in [3.8, 4) is 0 Å². The van der Waals surface area contributed by atoms with Crippen molar-refractivity contribution in [2.75, 3.05) is 18.0 Å². The van der Waals surface area contributed by atoms with E-state index in [0.717, 1.165) is 24.1 Å². The molecule has 0 bridgehead atoms. The van der Waals surface area contributed by atoms with E-state index in [1.54, 1.807) is 24.0 Å². The molecule has 0 saturated heterocycles. The molecule has 0 atom stereocenters. The van der Waals surface area contributed by atoms with Crippen molar-refractivity contribution in [3.05, 3.63) is 69.3 Å². The summed E-state index contributed by atoms with van der Waals surface area (Å²) in [4.78, 5) is 37.0. The third-order valence-electron chi connectivity index (χ3n) is 4.70. The van der Waals surface area contributed by atoms with Gasteiger partial charge in [0.05, 0.1) is 4.92 Å². The number of nitrogens with one attached hydrogen (secondary N) is 1. The number of benzene rings is 2. The molecule has 7 nitrogen and oxygen atoms in total. The molecular weight excluding hydrogens is 346 g/mol. The van der Waals surface area contributed by atoms with Crippen LogP contribution >= 0.6 is 0 Å². The van der Waals surface area contributed by atoms with E-state index >= 15 is 0 Å². The van der Waals surface area contributed by atoms with Crippen molar-refractivity contribution < 1.29 is 14.5 Å². The molecule has 1 aliphatic rings. The Hall–Kier alpha value is -3.22. The fraction of sp³-hybridized carbons (Fsp3) is 0.300. The van der Waals surface area contributed by atoms with Gasteiger partial charge in [0, 0.05) is 42.4 Å². The fourth-order valence-electron chi connectivity index (χ4n) is 3.26. The van der Waals surface area contributed by atoms with Crippen LogP contribution in [0.2, 0.25) is 0 Å². The van der Waals surface area contributed by atoms with Gasteiger partial charge in [0.2, 0.25) is 5.91 Å². The van der Waals surface area contributed by atoms with Crippen LogP contribution in [0.15, 0.2) is 42.5 Å². The van der Waals surface area contributed by atoms with Crippen LogP contribution in [0.3, 0.4) is 0 Å². The number of carbonyl (C=O) groups is 2. The lowest BCUT2D eigenvalue weighted by atomic mass is 10.0. The predicted octanol–water partition coefficient (Wildman–Crippen LogP) is 3.00. The second-order valence-electron chi connectivity index (χ2n) is 6.54. The first-order valence-corrected chi connectivity index (χ1v) is 8.89. The standard InChI is InChI=1S/C20H21N3O4/c1-14-8-9-16(13-18(14)23(26)27)20(25)21-11-10-19(24)22-12-4-6-15-5-2-3-7-17(15)22/h2-3,5,7-9,13H,4,6,10-12H2,1H3,(H,21,25). The summed E-state index contributed by atoms with van der Waals surface area (Å²) in [5.74, 6) is -0.470. The maximum absolute atomic E-state index is 12.6. The summed E-state index contributed by atoms with van der Waals surface area (Å²) >= 11 is 0. The Morgan fingerprint density at radius 2 is 2.00 bits per heavy atom. The van der Waals surface area contributed by atoms with Crippen molar-refractivity contribution >= 4 is 23.2 Å². The van der Waals surface area contributed by atoms with E-state index < -0.39 is 10.8 Å². The molecule has 2 amide bonds. The van der Waals surface area contributed by atoms with Crippen LogP contribution in [-0.4, -0.2) is 29.8 Å². The van der Waals surface area contributed by atoms with E-state index in [1.165, 1.54) is 6.07 Å². The highest BCUT2D eigenvalue weighted by Gasteiger charge is 2.22. The lowest BCUT2D eigenvalue weighted by Crippen LogP contribution is -2.37. The van der Waals surface area contributed by atoms with Gasteiger partial charge >= 0.3 is 0 Å². The molecular formula is C20H21N3O4. The van der Waals surface area contributed by atoms with Crippen LogP contribution < -0.4 is 10.2 Å². The summed E-state index contributed by atoms with van der Waals surface area (Å²) < 4.78 is 0. The van der Waals surface area contributed by atoms with Gasteiger partial charge in [-0.3, -0.25) is 19.7 Å². The molecule has 0 fully saturated rings. The largest absolute Gasteiger partial charge is 0.352 e. The normalized spacial score (nSPS) is 13.0. The minimum Gasteiger partial charge on any atom is -0.352 e. The summed E-state index contributed by atoms with van der Waals surface area (Å²) in [6.07, 6.45) is 2.05. The number of rotatable bonds is 5. The average molecular weight is 367 g/mol. The second kappa shape index (κ2) is 7.99. The molecule has 1 aliphatic heterocycles. The van der Waals surface area contributed by atoms with E-state index in [1.807, 2.05) is 24.3 Å². The van der Waals surface area contributed by atoms with Crippen molar-refractivity contribution in [3.63, 3.8) is 0 Å². The van der Waals surface area contributed by atoms with Crippen molar-refractivity contribution in [1.29, 1.82) is 0 Å². The number of amides is 2. The number of nitrogens with zero attached hydrogens (tertiary/aromatic N) is 2. The molecule has 2 aromatic carbocycles. The van der Waals surface area contributed by atoms with E-state index in [-0.39, 0.29) is 30.1 Å². The average Bonchev–Trinajstić information content (AvgIpc) is 2.67. The molecule has 140 valence electrons. The van der Waals surface area contributed by atoms with Crippen LogP contribution in [0.5, 0.6) is 0 Å². The number of nitro benzene ring substituents is 1. The number of carbonyl (C=O) groups excluding carboxylic acids is 2. The summed E-state index contributed by atoms with van der Waals surface area (Å²) in [6, 6.07) is 12.2. The minimum absolute atomic E-state index is 0.0441. The van der Waals surface area contributed by atoms with Crippen molar-refractivity contribution in [2.45, 2.75) is 26.2 Å². The maximum Gasteiger partial charge on any atom is 0.273 e. The summed E-state index contributed by atoms with van der Waals surface area (Å²) in [7, 11) is 0. The zero-order valence-electron chi connectivity index (χ0n) is 15.1. The van der Waals surface area contributed by atoms with Gasteiger partial charge in [-0.15, -0.1) is 0 Å². The van der Waals surface area contributed by atoms with E-state index in [2.05, 4.69) is 5.32 Å². The van der Waals surface area contributed by atoms with Gasteiger partial charge in [-0.1, -0.05) is 24.3 Å². The Kier molecular flexibility index (Phi) is 5.49. The summed E-state index contributed by atoms with van der Waals surface area (Å²) in [5.41, 5.74) is 2.71. The Morgan fingerprint density at radius 3 is 2.78 bits per heavy atom. The van der Waals surface area contributed by atoms with Gasteiger partial charge in [-0.05, 0) is 37.5 Å². The molecule has 0 radical (unpaired) electrons. The molecule has 0 saturated carbocycles. The Labute approximate surface area is 157 Å². The van der Waals surface area contributed by atoms with Gasteiger partial charge in [0.25, 0.3) is 11.6 Å². The number of nitro groups is 1. The highest BCUT2D eigenvalue weighted by atomic mass is 16.6. The first-order chi connectivity index (χ1) is 13.0. The molecule has 0 aliphatic carbocycles. The van der Waals surface area contributed by atoms with Gasteiger partial charge in [0.1, 0.15) is 0 Å². The molecule has 1 heterocycles. The third-order valence-corrected chi connectivity index (χ3v) is 4.70. The highest BCUT2D eigenvalue weighted by Crippen LogP contribution is 2.27. The monoisotopic (exact) mass is 367 g/mol. The Morgan fingerprint density at radius 1 is 1.22 bits per heavy atom. The van der Waals surface area contributed by atoms with Gasteiger partial charge in [0.15, 0.2) is 0 Å². The summed E-state index contributed by atoms with van der Waals surface area (Å²) in [6.45, 7) is 2.47. The molecule has 3 rings (SSSR count). The van der Waals surface area contributed by atoms with E-state index in [0.29, 0.717) is 12.1 Å². The number of para-hydroxylation sites is 1. The third kappa shape index (κ3) is 4.13. The molecule has 0 unspecified atom stereocenters. The van der Waals surface area contributed by atoms with Crippen molar-refractivity contribution in [2.24, 2.45) is 0 Å². The molecule has 1 N–H and O–H groups in total. The van der Waals surface area contributed by atoms with Gasteiger partial charge in [-0.2, -0.15) is 0 Å². The predicted molar refractivity (Wildman–Crippen MR) is 102 cm³/mol. The lowest BCUT2D eigenvalue weighted by Gasteiger charge is -2.29. The zero-order chi connectivity index (χ0) is 19.4. The number of hydrogen-bond acceptors (Lipinski definition) is 4. The fourth-order valence-corrected chi connectivity index (χ4v) is 3.26. The second-order valence-corrected chi connectivity index (χ2v) is 6.54. The van der Waals surface area contributed by atoms with Crippen LogP contribution in [0.1, 0.15) is 34.3 Å². The molecule has 0 spiro atoms. The smallest absolute Gasteiger partial charge is 0.273 e. The van der Waals surface area contributed by atoms with Crippen molar-refractivity contribution in [1.82, 2.24) is 5.32 Å². The number of anilines is 1. The van der Waals surface area contributed by atoms with E-state index in [4.69, 9.17) is 0 Å². The zero-order valence-corrected chi connectivity index (χ0v) is 15.1. The molecule has 7 heteroatoms. The number of aryl methyl sites for hydroxylation is 2. The topological polar surface area (TPSA) is 92.6 Å². The van der Waals surface area contributed by atoms with Crippen LogP contribution in [0.25, 0.3) is 0 Å². The SMILES string of the molecule is Cc1ccc(C(=O)NCCC(=O)N2CCCc3ccccc32)cc1[N+](=O)[O-]. The maximum atomic E-state index is 12.6. The summed E-state index contributed by atoms with van der Waals surface area (Å²) in [5, 5.41) is 13.7. The first kappa shape index (κ1) is 18.6. The van der Waals surface area contributed by atoms with Crippen LogP contribution in [0, 0.1) is 17.0 Å². The van der Waals surface area contributed by atoms with Gasteiger partial charge in [-0.25, -0.2) is 0 Å². The quantitative estimate of drug-likeness (QED) is 0.649. The molecule has 0 aromatic heterocycles. The number of fused-ring (bicyclic) bond motifs is 1. The first-order valence-electron chi connectivity index (χ1n) is 8.89. The highest BCUT2D eigenvalue weighted by molar-refractivity contribution is 5.97. The Bertz CT molecular complexity index is 895. The minimum atomic E-state index is -0.510. The Balaban J connectivity index is 1.59. The van der Waals surface area contributed by atoms with E-state index in [9.17, 15) is 19.7 Å².